The number of nitrogens with two attached hydrogens (primary N) is 1. The van der Waals surface area contributed by atoms with Gasteiger partial charge in [-0.3, -0.25) is 4.79 Å². The van der Waals surface area contributed by atoms with Gasteiger partial charge >= 0.3 is 5.63 Å². The molecule has 0 bridgehead atoms. The van der Waals surface area contributed by atoms with Crippen LogP contribution in [0.15, 0.2) is 39.5 Å². The Morgan fingerprint density at radius 2 is 2.00 bits per heavy atom. The third-order valence-corrected chi connectivity index (χ3v) is 4.11. The first-order chi connectivity index (χ1) is 10.2. The average Bonchev–Trinajstić information content (AvgIpc) is 2.53. The average molecular weight is 286 g/mol. The zero-order valence-electron chi connectivity index (χ0n) is 11.7. The summed E-state index contributed by atoms with van der Waals surface area (Å²) in [5, 5.41) is 0.761. The summed E-state index contributed by atoms with van der Waals surface area (Å²) in [5.74, 6) is 0.229. The molecule has 0 aliphatic carbocycles. The number of carbonyl (C=O) groups is 1. The van der Waals surface area contributed by atoms with Crippen LogP contribution in [-0.4, -0.2) is 30.4 Å². The van der Waals surface area contributed by atoms with Crippen molar-refractivity contribution >= 4 is 16.9 Å². The van der Waals surface area contributed by atoms with Crippen molar-refractivity contribution in [3.05, 3.63) is 46.3 Å². The number of hydrogen-bond donors (Lipinski definition) is 1. The van der Waals surface area contributed by atoms with Crippen molar-refractivity contribution in [2.45, 2.75) is 12.8 Å². The molecule has 2 N–H and O–H groups in total. The third-order valence-electron chi connectivity index (χ3n) is 4.11. The summed E-state index contributed by atoms with van der Waals surface area (Å²) >= 11 is 0. The van der Waals surface area contributed by atoms with Crippen molar-refractivity contribution in [3.63, 3.8) is 0 Å². The minimum atomic E-state index is -0.570. The monoisotopic (exact) mass is 286 g/mol. The van der Waals surface area contributed by atoms with Gasteiger partial charge in [-0.15, -0.1) is 0 Å². The molecule has 1 aliphatic rings. The minimum absolute atomic E-state index is 0.111. The molecule has 0 unspecified atom stereocenters. The lowest BCUT2D eigenvalue weighted by atomic mass is 9.96. The molecular weight excluding hydrogens is 268 g/mol. The molecule has 0 atom stereocenters. The van der Waals surface area contributed by atoms with Gasteiger partial charge in [0.1, 0.15) is 11.1 Å². The predicted octanol–water partition coefficient (Wildman–Crippen LogP) is 1.60. The Kier molecular flexibility index (Phi) is 3.75. The molecule has 1 aromatic carbocycles. The van der Waals surface area contributed by atoms with Gasteiger partial charge in [-0.1, -0.05) is 18.2 Å². The number of likely N-dealkylation sites (tertiary alicyclic amines) is 1. The molecule has 1 fully saturated rings. The first-order valence-electron chi connectivity index (χ1n) is 7.21. The topological polar surface area (TPSA) is 76.5 Å². The highest BCUT2D eigenvalue weighted by Gasteiger charge is 2.25. The lowest BCUT2D eigenvalue weighted by Crippen LogP contribution is -2.41. The first kappa shape index (κ1) is 13.8. The van der Waals surface area contributed by atoms with E-state index in [-0.39, 0.29) is 11.5 Å². The molecule has 1 saturated heterocycles. The fourth-order valence-corrected chi connectivity index (χ4v) is 2.75. The van der Waals surface area contributed by atoms with Crippen LogP contribution in [0.4, 0.5) is 0 Å². The standard InChI is InChI=1S/C16H18N2O3/c17-10-11-5-7-18(8-6-11)15(19)13-9-12-3-1-2-4-14(12)21-16(13)20/h1-4,9,11H,5-8,10,17H2. The smallest absolute Gasteiger partial charge is 0.349 e. The van der Waals surface area contributed by atoms with Crippen molar-refractivity contribution < 1.29 is 9.21 Å². The van der Waals surface area contributed by atoms with Crippen LogP contribution in [0.3, 0.4) is 0 Å². The summed E-state index contributed by atoms with van der Waals surface area (Å²) in [5.41, 5.74) is 5.70. The highest BCUT2D eigenvalue weighted by molar-refractivity contribution is 5.96. The second-order valence-electron chi connectivity index (χ2n) is 5.46. The molecule has 3 rings (SSSR count). The number of rotatable bonds is 2. The molecule has 5 heteroatoms. The Balaban J connectivity index is 1.88. The Labute approximate surface area is 122 Å². The van der Waals surface area contributed by atoms with E-state index in [0.717, 1.165) is 18.2 Å². The van der Waals surface area contributed by atoms with Crippen LogP contribution in [0.25, 0.3) is 11.0 Å². The van der Waals surface area contributed by atoms with Gasteiger partial charge in [0, 0.05) is 18.5 Å². The number of carbonyl (C=O) groups excluding carboxylic acids is 1. The second-order valence-corrected chi connectivity index (χ2v) is 5.46. The maximum absolute atomic E-state index is 12.5. The van der Waals surface area contributed by atoms with E-state index in [4.69, 9.17) is 10.2 Å². The van der Waals surface area contributed by atoms with Crippen LogP contribution in [0.1, 0.15) is 23.2 Å². The van der Waals surface area contributed by atoms with Gasteiger partial charge in [-0.25, -0.2) is 4.79 Å². The molecule has 2 heterocycles. The van der Waals surface area contributed by atoms with E-state index in [0.29, 0.717) is 31.1 Å². The number of piperidine rings is 1. The van der Waals surface area contributed by atoms with E-state index in [1.165, 1.54) is 0 Å². The molecule has 21 heavy (non-hydrogen) atoms. The van der Waals surface area contributed by atoms with Crippen LogP contribution in [0, 0.1) is 5.92 Å². The van der Waals surface area contributed by atoms with Gasteiger partial charge in [0.2, 0.25) is 0 Å². The van der Waals surface area contributed by atoms with Gasteiger partial charge < -0.3 is 15.1 Å². The second kappa shape index (κ2) is 5.69. The highest BCUT2D eigenvalue weighted by atomic mass is 16.4. The number of fused-ring (bicyclic) bond motifs is 1. The van der Waals surface area contributed by atoms with E-state index in [1.807, 2.05) is 12.1 Å². The summed E-state index contributed by atoms with van der Waals surface area (Å²) in [6, 6.07) is 8.82. The van der Waals surface area contributed by atoms with Gasteiger partial charge in [-0.2, -0.15) is 0 Å². The quantitative estimate of drug-likeness (QED) is 0.851. The Bertz CT molecular complexity index is 715. The number of para-hydroxylation sites is 1. The van der Waals surface area contributed by atoms with E-state index < -0.39 is 5.63 Å². The fourth-order valence-electron chi connectivity index (χ4n) is 2.75. The molecular formula is C16H18N2O3. The summed E-state index contributed by atoms with van der Waals surface area (Å²) < 4.78 is 5.22. The van der Waals surface area contributed by atoms with E-state index in [9.17, 15) is 9.59 Å². The number of nitrogens with zero attached hydrogens (tertiary/aromatic N) is 1. The number of benzene rings is 1. The fraction of sp³-hybridized carbons (Fsp3) is 0.375. The van der Waals surface area contributed by atoms with Crippen LogP contribution >= 0.6 is 0 Å². The molecule has 1 aromatic heterocycles. The highest BCUT2D eigenvalue weighted by Crippen LogP contribution is 2.19. The Hall–Kier alpha value is -2.14. The van der Waals surface area contributed by atoms with Crippen molar-refractivity contribution in [2.75, 3.05) is 19.6 Å². The summed E-state index contributed by atoms with van der Waals surface area (Å²) in [6.45, 7) is 1.94. The molecule has 0 saturated carbocycles. The molecule has 0 spiro atoms. The molecule has 0 radical (unpaired) electrons. The maximum Gasteiger partial charge on any atom is 0.349 e. The summed E-state index contributed by atoms with van der Waals surface area (Å²) in [7, 11) is 0. The van der Waals surface area contributed by atoms with E-state index >= 15 is 0 Å². The van der Waals surface area contributed by atoms with Crippen LogP contribution < -0.4 is 11.4 Å². The van der Waals surface area contributed by atoms with Gasteiger partial charge in [0.15, 0.2) is 0 Å². The third kappa shape index (κ3) is 2.69. The lowest BCUT2D eigenvalue weighted by molar-refractivity contribution is 0.0689. The first-order valence-corrected chi connectivity index (χ1v) is 7.21. The zero-order chi connectivity index (χ0) is 14.8. The predicted molar refractivity (Wildman–Crippen MR) is 80.2 cm³/mol. The zero-order valence-corrected chi connectivity index (χ0v) is 11.7. The van der Waals surface area contributed by atoms with Crippen LogP contribution in [-0.2, 0) is 0 Å². The minimum Gasteiger partial charge on any atom is -0.422 e. The number of amides is 1. The molecule has 5 nitrogen and oxygen atoms in total. The SMILES string of the molecule is NCC1CCN(C(=O)c2cc3ccccc3oc2=O)CC1. The van der Waals surface area contributed by atoms with Crippen molar-refractivity contribution in [1.29, 1.82) is 0 Å². The Morgan fingerprint density at radius 3 is 2.71 bits per heavy atom. The largest absolute Gasteiger partial charge is 0.422 e. The van der Waals surface area contributed by atoms with Crippen LogP contribution in [0.5, 0.6) is 0 Å². The molecule has 2 aromatic rings. The Morgan fingerprint density at radius 1 is 1.29 bits per heavy atom. The van der Waals surface area contributed by atoms with Crippen molar-refractivity contribution in [2.24, 2.45) is 11.7 Å². The van der Waals surface area contributed by atoms with E-state index in [1.54, 1.807) is 23.1 Å². The maximum atomic E-state index is 12.5. The van der Waals surface area contributed by atoms with Crippen LogP contribution in [0.2, 0.25) is 0 Å². The lowest BCUT2D eigenvalue weighted by Gasteiger charge is -2.31. The van der Waals surface area contributed by atoms with Crippen molar-refractivity contribution in [1.82, 2.24) is 4.90 Å². The van der Waals surface area contributed by atoms with Gasteiger partial charge in [0.05, 0.1) is 0 Å². The van der Waals surface area contributed by atoms with E-state index in [2.05, 4.69) is 0 Å². The molecule has 110 valence electrons. The van der Waals surface area contributed by atoms with Crippen molar-refractivity contribution in [3.8, 4) is 0 Å². The normalized spacial score (nSPS) is 16.3. The summed E-state index contributed by atoms with van der Waals surface area (Å²) in [6.07, 6.45) is 1.78. The summed E-state index contributed by atoms with van der Waals surface area (Å²) in [4.78, 5) is 26.2. The van der Waals surface area contributed by atoms with Gasteiger partial charge in [-0.05, 0) is 37.4 Å². The van der Waals surface area contributed by atoms with Gasteiger partial charge in [0.25, 0.3) is 5.91 Å². The molecule has 1 aliphatic heterocycles. The number of hydrogen-bond acceptors (Lipinski definition) is 4. The molecule has 1 amide bonds.